The molecule has 2 aromatic carbocycles. The van der Waals surface area contributed by atoms with Gasteiger partial charge in [0.15, 0.2) is 0 Å². The van der Waals surface area contributed by atoms with E-state index in [4.69, 9.17) is 5.73 Å². The van der Waals surface area contributed by atoms with Gasteiger partial charge < -0.3 is 11.1 Å². The predicted octanol–water partition coefficient (Wildman–Crippen LogP) is 2.02. The first-order chi connectivity index (χ1) is 9.58. The highest BCUT2D eigenvalue weighted by atomic mass is 16.2. The van der Waals surface area contributed by atoms with Crippen molar-refractivity contribution in [3.05, 3.63) is 70.8 Å². The highest BCUT2D eigenvalue weighted by molar-refractivity contribution is 5.95. The molecule has 3 N–H and O–H groups in total. The van der Waals surface area contributed by atoms with Gasteiger partial charge in [0.1, 0.15) is 0 Å². The summed E-state index contributed by atoms with van der Waals surface area (Å²) in [5.74, 6) is -0.567. The van der Waals surface area contributed by atoms with Gasteiger partial charge in [-0.25, -0.2) is 0 Å². The van der Waals surface area contributed by atoms with E-state index >= 15 is 0 Å². The van der Waals surface area contributed by atoms with E-state index in [9.17, 15) is 9.59 Å². The van der Waals surface area contributed by atoms with E-state index in [2.05, 4.69) is 5.32 Å². The summed E-state index contributed by atoms with van der Waals surface area (Å²) in [7, 11) is 0. The van der Waals surface area contributed by atoms with Crippen LogP contribution in [0.3, 0.4) is 0 Å². The molecule has 102 valence electrons. The second-order valence-corrected chi connectivity index (χ2v) is 4.56. The second kappa shape index (κ2) is 6.02. The van der Waals surface area contributed by atoms with E-state index in [0.29, 0.717) is 17.7 Å². The maximum absolute atomic E-state index is 12.0. The number of aryl methyl sites for hydroxylation is 1. The Morgan fingerprint density at radius 1 is 1.05 bits per heavy atom. The molecule has 4 nitrogen and oxygen atoms in total. The van der Waals surface area contributed by atoms with Crippen molar-refractivity contribution in [3.63, 3.8) is 0 Å². The van der Waals surface area contributed by atoms with Crippen LogP contribution in [0, 0.1) is 6.92 Å². The van der Waals surface area contributed by atoms with Crippen LogP contribution in [-0.4, -0.2) is 11.8 Å². The number of amides is 2. The Bertz CT molecular complexity index is 633. The zero-order chi connectivity index (χ0) is 14.5. The minimum atomic E-state index is -0.458. The zero-order valence-electron chi connectivity index (χ0n) is 11.2. The van der Waals surface area contributed by atoms with Gasteiger partial charge in [-0.15, -0.1) is 0 Å². The summed E-state index contributed by atoms with van der Waals surface area (Å²) < 4.78 is 0. The third-order valence-corrected chi connectivity index (χ3v) is 3.08. The molecular weight excluding hydrogens is 252 g/mol. The summed E-state index contributed by atoms with van der Waals surface area (Å²) in [4.78, 5) is 23.0. The fraction of sp³-hybridized carbons (Fsp3) is 0.125. The molecule has 0 saturated carbocycles. The summed E-state index contributed by atoms with van der Waals surface area (Å²) in [5.41, 5.74) is 8.15. The Morgan fingerprint density at radius 2 is 1.70 bits per heavy atom. The molecule has 4 heteroatoms. The smallest absolute Gasteiger partial charge is 0.251 e. The van der Waals surface area contributed by atoms with E-state index in [1.54, 1.807) is 30.3 Å². The molecule has 0 saturated heterocycles. The lowest BCUT2D eigenvalue weighted by molar-refractivity contribution is 0.0948. The van der Waals surface area contributed by atoms with Gasteiger partial charge in [0, 0.05) is 17.7 Å². The standard InChI is InChI=1S/C16H16N2O2/c1-11-4-2-3-5-14(11)16(20)18-10-12-6-8-13(9-7-12)15(17)19/h2-9H,10H2,1H3,(H2,17,19)(H,18,20). The molecule has 0 atom stereocenters. The van der Waals surface area contributed by atoms with Crippen molar-refractivity contribution in [2.75, 3.05) is 0 Å². The quantitative estimate of drug-likeness (QED) is 0.890. The average molecular weight is 268 g/mol. The molecule has 2 amide bonds. The lowest BCUT2D eigenvalue weighted by Gasteiger charge is -2.08. The second-order valence-electron chi connectivity index (χ2n) is 4.56. The number of hydrogen-bond acceptors (Lipinski definition) is 2. The Balaban J connectivity index is 2.00. The number of carbonyl (C=O) groups excluding carboxylic acids is 2. The fourth-order valence-corrected chi connectivity index (χ4v) is 1.89. The number of hydrogen-bond donors (Lipinski definition) is 2. The van der Waals surface area contributed by atoms with Crippen LogP contribution in [0.15, 0.2) is 48.5 Å². The fourth-order valence-electron chi connectivity index (χ4n) is 1.89. The minimum Gasteiger partial charge on any atom is -0.366 e. The van der Waals surface area contributed by atoms with E-state index in [1.807, 2.05) is 25.1 Å². The van der Waals surface area contributed by atoms with Crippen LogP contribution < -0.4 is 11.1 Å². The molecule has 0 radical (unpaired) electrons. The van der Waals surface area contributed by atoms with Crippen LogP contribution in [-0.2, 0) is 6.54 Å². The third-order valence-electron chi connectivity index (χ3n) is 3.08. The monoisotopic (exact) mass is 268 g/mol. The molecule has 0 fully saturated rings. The summed E-state index contributed by atoms with van der Waals surface area (Å²) in [6, 6.07) is 14.3. The Hall–Kier alpha value is -2.62. The van der Waals surface area contributed by atoms with Crippen molar-refractivity contribution in [3.8, 4) is 0 Å². The predicted molar refractivity (Wildman–Crippen MR) is 77.3 cm³/mol. The largest absolute Gasteiger partial charge is 0.366 e. The molecule has 2 rings (SSSR count). The normalized spacial score (nSPS) is 10.1. The van der Waals surface area contributed by atoms with Gasteiger partial charge >= 0.3 is 0 Å². The van der Waals surface area contributed by atoms with Crippen LogP contribution in [0.25, 0.3) is 0 Å². The Kier molecular flexibility index (Phi) is 4.15. The summed E-state index contributed by atoms with van der Waals surface area (Å²) in [5, 5.41) is 2.85. The molecule has 20 heavy (non-hydrogen) atoms. The maximum atomic E-state index is 12.0. The topological polar surface area (TPSA) is 72.2 Å². The van der Waals surface area contributed by atoms with Crippen LogP contribution in [0.2, 0.25) is 0 Å². The van der Waals surface area contributed by atoms with E-state index in [0.717, 1.165) is 11.1 Å². The highest BCUT2D eigenvalue weighted by Gasteiger charge is 2.07. The van der Waals surface area contributed by atoms with E-state index in [-0.39, 0.29) is 5.91 Å². The first-order valence-electron chi connectivity index (χ1n) is 6.30. The first-order valence-corrected chi connectivity index (χ1v) is 6.30. The van der Waals surface area contributed by atoms with Gasteiger partial charge in [0.05, 0.1) is 0 Å². The Morgan fingerprint density at radius 3 is 2.30 bits per heavy atom. The van der Waals surface area contributed by atoms with Crippen LogP contribution in [0.5, 0.6) is 0 Å². The van der Waals surface area contributed by atoms with Gasteiger partial charge in [0.2, 0.25) is 5.91 Å². The lowest BCUT2D eigenvalue weighted by atomic mass is 10.1. The molecule has 0 unspecified atom stereocenters. The van der Waals surface area contributed by atoms with Crippen molar-refractivity contribution in [1.82, 2.24) is 5.32 Å². The lowest BCUT2D eigenvalue weighted by Crippen LogP contribution is -2.23. The van der Waals surface area contributed by atoms with Gasteiger partial charge in [0.25, 0.3) is 5.91 Å². The molecule has 2 aromatic rings. The molecule has 0 spiro atoms. The van der Waals surface area contributed by atoms with Gasteiger partial charge in [-0.05, 0) is 36.2 Å². The number of primary amides is 1. The molecule has 0 aliphatic rings. The van der Waals surface area contributed by atoms with Gasteiger partial charge in [-0.2, -0.15) is 0 Å². The molecular formula is C16H16N2O2. The summed E-state index contributed by atoms with van der Waals surface area (Å²) in [6.45, 7) is 2.31. The van der Waals surface area contributed by atoms with Crippen molar-refractivity contribution < 1.29 is 9.59 Å². The number of rotatable bonds is 4. The minimum absolute atomic E-state index is 0.109. The number of nitrogens with one attached hydrogen (secondary N) is 1. The van der Waals surface area contributed by atoms with Crippen molar-refractivity contribution in [2.45, 2.75) is 13.5 Å². The molecule has 0 heterocycles. The molecule has 0 aliphatic heterocycles. The molecule has 0 bridgehead atoms. The van der Waals surface area contributed by atoms with Crippen molar-refractivity contribution >= 4 is 11.8 Å². The molecule has 0 aliphatic carbocycles. The highest BCUT2D eigenvalue weighted by Crippen LogP contribution is 2.08. The third kappa shape index (κ3) is 3.23. The molecule has 0 aromatic heterocycles. The van der Waals surface area contributed by atoms with Crippen molar-refractivity contribution in [1.29, 1.82) is 0 Å². The van der Waals surface area contributed by atoms with E-state index in [1.165, 1.54) is 0 Å². The van der Waals surface area contributed by atoms with Gasteiger partial charge in [-0.1, -0.05) is 30.3 Å². The first kappa shape index (κ1) is 13.8. The van der Waals surface area contributed by atoms with Crippen LogP contribution in [0.4, 0.5) is 0 Å². The Labute approximate surface area is 117 Å². The van der Waals surface area contributed by atoms with Crippen molar-refractivity contribution in [2.24, 2.45) is 5.73 Å². The zero-order valence-corrected chi connectivity index (χ0v) is 11.2. The van der Waals surface area contributed by atoms with Gasteiger partial charge in [-0.3, -0.25) is 9.59 Å². The number of carbonyl (C=O) groups is 2. The summed E-state index contributed by atoms with van der Waals surface area (Å²) >= 11 is 0. The SMILES string of the molecule is Cc1ccccc1C(=O)NCc1ccc(C(N)=O)cc1. The number of benzene rings is 2. The van der Waals surface area contributed by atoms with E-state index < -0.39 is 5.91 Å². The number of nitrogens with two attached hydrogens (primary N) is 1. The summed E-state index contributed by atoms with van der Waals surface area (Å²) in [6.07, 6.45) is 0. The maximum Gasteiger partial charge on any atom is 0.251 e. The van der Waals surface area contributed by atoms with Crippen LogP contribution >= 0.6 is 0 Å². The average Bonchev–Trinajstić information content (AvgIpc) is 2.45. The van der Waals surface area contributed by atoms with Crippen LogP contribution in [0.1, 0.15) is 31.8 Å².